The Morgan fingerprint density at radius 3 is 2.85 bits per heavy atom. The maximum Gasteiger partial charge on any atom is 0.260 e. The van der Waals surface area contributed by atoms with E-state index in [0.29, 0.717) is 18.0 Å². The fourth-order valence-electron chi connectivity index (χ4n) is 2.12. The molecule has 0 radical (unpaired) electrons. The lowest BCUT2D eigenvalue weighted by Crippen LogP contribution is -2.40. The summed E-state index contributed by atoms with van der Waals surface area (Å²) in [5.74, 6) is 1.03. The molecule has 1 fully saturated rings. The number of benzene rings is 1. The third-order valence-corrected chi connectivity index (χ3v) is 3.27. The van der Waals surface area contributed by atoms with E-state index in [9.17, 15) is 4.79 Å². The van der Waals surface area contributed by atoms with Gasteiger partial charge in [0.05, 0.1) is 13.2 Å². The molecule has 5 heteroatoms. The molecule has 1 heterocycles. The van der Waals surface area contributed by atoms with Gasteiger partial charge in [0.1, 0.15) is 0 Å². The Hall–Kier alpha value is -1.75. The summed E-state index contributed by atoms with van der Waals surface area (Å²) in [6, 6.07) is 7.28. The topological polar surface area (TPSA) is 56.8 Å². The van der Waals surface area contributed by atoms with Crippen LogP contribution in [-0.4, -0.2) is 38.4 Å². The lowest BCUT2D eigenvalue weighted by atomic mass is 10.2. The predicted molar refractivity (Wildman–Crippen MR) is 75.1 cm³/mol. The van der Waals surface area contributed by atoms with Crippen LogP contribution in [0.1, 0.15) is 19.8 Å². The van der Waals surface area contributed by atoms with Gasteiger partial charge in [0, 0.05) is 13.2 Å². The molecule has 1 aliphatic heterocycles. The number of hydrogen-bond donors (Lipinski definition) is 1. The van der Waals surface area contributed by atoms with E-state index in [2.05, 4.69) is 5.32 Å². The number of methoxy groups -OCH3 is 1. The first-order valence-electron chi connectivity index (χ1n) is 6.89. The first kappa shape index (κ1) is 14.7. The number of carbonyl (C=O) groups is 1. The van der Waals surface area contributed by atoms with Crippen LogP contribution in [0.3, 0.4) is 0 Å². The molecule has 0 aliphatic carbocycles. The molecule has 1 aliphatic rings. The third-order valence-electron chi connectivity index (χ3n) is 3.27. The van der Waals surface area contributed by atoms with Gasteiger partial charge in [-0.25, -0.2) is 0 Å². The molecule has 1 saturated heterocycles. The zero-order chi connectivity index (χ0) is 14.4. The van der Waals surface area contributed by atoms with E-state index >= 15 is 0 Å². The number of carbonyl (C=O) groups excluding carboxylic acids is 1. The number of para-hydroxylation sites is 2. The lowest BCUT2D eigenvalue weighted by Gasteiger charge is -2.17. The molecule has 2 atom stereocenters. The minimum Gasteiger partial charge on any atom is -0.493 e. The van der Waals surface area contributed by atoms with Crippen LogP contribution in [-0.2, 0) is 9.53 Å². The molecule has 0 bridgehead atoms. The molecule has 0 aromatic heterocycles. The fraction of sp³-hybridized carbons (Fsp3) is 0.533. The Morgan fingerprint density at radius 1 is 1.45 bits per heavy atom. The van der Waals surface area contributed by atoms with E-state index in [1.54, 1.807) is 26.2 Å². The van der Waals surface area contributed by atoms with Crippen molar-refractivity contribution in [2.24, 2.45) is 0 Å². The second-order valence-corrected chi connectivity index (χ2v) is 4.79. The zero-order valence-electron chi connectivity index (χ0n) is 11.9. The predicted octanol–water partition coefficient (Wildman–Crippen LogP) is 1.76. The monoisotopic (exact) mass is 279 g/mol. The molecule has 2 rings (SSSR count). The van der Waals surface area contributed by atoms with Crippen molar-refractivity contribution in [3.05, 3.63) is 24.3 Å². The molecular weight excluding hydrogens is 258 g/mol. The molecule has 0 unspecified atom stereocenters. The van der Waals surface area contributed by atoms with Crippen molar-refractivity contribution in [3.63, 3.8) is 0 Å². The van der Waals surface area contributed by atoms with E-state index in [-0.39, 0.29) is 12.0 Å². The summed E-state index contributed by atoms with van der Waals surface area (Å²) in [5, 5.41) is 2.85. The second kappa shape index (κ2) is 7.14. The minimum absolute atomic E-state index is 0.136. The number of amides is 1. The SMILES string of the molecule is COc1ccccc1O[C@@H](C)C(=O)NC[C@@H]1CCCO1. The molecular formula is C15H21NO4. The zero-order valence-corrected chi connectivity index (χ0v) is 11.9. The molecule has 1 aromatic rings. The smallest absolute Gasteiger partial charge is 0.260 e. The Labute approximate surface area is 119 Å². The highest BCUT2D eigenvalue weighted by Crippen LogP contribution is 2.26. The molecule has 20 heavy (non-hydrogen) atoms. The lowest BCUT2D eigenvalue weighted by molar-refractivity contribution is -0.127. The van der Waals surface area contributed by atoms with Crippen LogP contribution in [0.25, 0.3) is 0 Å². The Kier molecular flexibility index (Phi) is 5.24. The van der Waals surface area contributed by atoms with E-state index in [4.69, 9.17) is 14.2 Å². The largest absolute Gasteiger partial charge is 0.493 e. The van der Waals surface area contributed by atoms with Gasteiger partial charge < -0.3 is 19.5 Å². The van der Waals surface area contributed by atoms with Crippen LogP contribution in [0.5, 0.6) is 11.5 Å². The summed E-state index contributed by atoms with van der Waals surface area (Å²) >= 11 is 0. The van der Waals surface area contributed by atoms with Gasteiger partial charge in [0.15, 0.2) is 17.6 Å². The maximum absolute atomic E-state index is 12.0. The van der Waals surface area contributed by atoms with Gasteiger partial charge in [0.25, 0.3) is 5.91 Å². The highest BCUT2D eigenvalue weighted by atomic mass is 16.5. The third kappa shape index (κ3) is 3.87. The summed E-state index contributed by atoms with van der Waals surface area (Å²) < 4.78 is 16.3. The van der Waals surface area contributed by atoms with Crippen molar-refractivity contribution in [2.75, 3.05) is 20.3 Å². The molecule has 1 N–H and O–H groups in total. The number of hydrogen-bond acceptors (Lipinski definition) is 4. The molecule has 0 spiro atoms. The molecule has 0 saturated carbocycles. The van der Waals surface area contributed by atoms with Crippen molar-refractivity contribution in [1.29, 1.82) is 0 Å². The quantitative estimate of drug-likeness (QED) is 0.862. The Morgan fingerprint density at radius 2 is 2.20 bits per heavy atom. The average Bonchev–Trinajstić information content (AvgIpc) is 2.98. The van der Waals surface area contributed by atoms with E-state index in [0.717, 1.165) is 19.4 Å². The molecule has 110 valence electrons. The summed E-state index contributed by atoms with van der Waals surface area (Å²) in [6.45, 7) is 3.05. The highest BCUT2D eigenvalue weighted by Gasteiger charge is 2.20. The van der Waals surface area contributed by atoms with Crippen LogP contribution in [0, 0.1) is 0 Å². The van der Waals surface area contributed by atoms with Gasteiger partial charge in [-0.15, -0.1) is 0 Å². The minimum atomic E-state index is -0.576. The van der Waals surface area contributed by atoms with E-state index < -0.39 is 6.10 Å². The number of ether oxygens (including phenoxy) is 3. The first-order chi connectivity index (χ1) is 9.70. The van der Waals surface area contributed by atoms with Crippen molar-refractivity contribution >= 4 is 5.91 Å². The molecule has 5 nitrogen and oxygen atoms in total. The van der Waals surface area contributed by atoms with Gasteiger partial charge in [-0.1, -0.05) is 12.1 Å². The Balaban J connectivity index is 1.83. The van der Waals surface area contributed by atoms with Crippen molar-refractivity contribution in [3.8, 4) is 11.5 Å². The van der Waals surface area contributed by atoms with E-state index in [1.165, 1.54) is 0 Å². The first-order valence-corrected chi connectivity index (χ1v) is 6.89. The van der Waals surface area contributed by atoms with Crippen LogP contribution in [0.4, 0.5) is 0 Å². The number of rotatable bonds is 6. The molecule has 1 amide bonds. The van der Waals surface area contributed by atoms with Gasteiger partial charge in [0.2, 0.25) is 0 Å². The Bertz CT molecular complexity index is 443. The van der Waals surface area contributed by atoms with Crippen LogP contribution >= 0.6 is 0 Å². The fourth-order valence-corrected chi connectivity index (χ4v) is 2.12. The van der Waals surface area contributed by atoms with Crippen molar-refractivity contribution in [2.45, 2.75) is 32.0 Å². The summed E-state index contributed by atoms with van der Waals surface area (Å²) in [5.41, 5.74) is 0. The highest BCUT2D eigenvalue weighted by molar-refractivity contribution is 5.80. The second-order valence-electron chi connectivity index (χ2n) is 4.79. The van der Waals surface area contributed by atoms with E-state index in [1.807, 2.05) is 12.1 Å². The number of nitrogens with one attached hydrogen (secondary N) is 1. The maximum atomic E-state index is 12.0. The van der Waals surface area contributed by atoms with Crippen molar-refractivity contribution in [1.82, 2.24) is 5.32 Å². The normalized spacial score (nSPS) is 19.4. The van der Waals surface area contributed by atoms with Crippen LogP contribution in [0.2, 0.25) is 0 Å². The van der Waals surface area contributed by atoms with Crippen LogP contribution in [0.15, 0.2) is 24.3 Å². The van der Waals surface area contributed by atoms with Gasteiger partial charge in [-0.05, 0) is 31.9 Å². The summed E-state index contributed by atoms with van der Waals surface area (Å²) in [4.78, 5) is 12.0. The summed E-state index contributed by atoms with van der Waals surface area (Å²) in [6.07, 6.45) is 1.63. The average molecular weight is 279 g/mol. The summed E-state index contributed by atoms with van der Waals surface area (Å²) in [7, 11) is 1.57. The standard InChI is InChI=1S/C15H21NO4/c1-11(15(17)16-10-12-6-5-9-19-12)20-14-8-4-3-7-13(14)18-2/h3-4,7-8,11-12H,5-6,9-10H2,1-2H3,(H,16,17)/t11-,12-/m0/s1. The van der Waals surface area contributed by atoms with Gasteiger partial charge in [-0.3, -0.25) is 4.79 Å². The van der Waals surface area contributed by atoms with Gasteiger partial charge >= 0.3 is 0 Å². The van der Waals surface area contributed by atoms with Crippen LogP contribution < -0.4 is 14.8 Å². The van der Waals surface area contributed by atoms with Crippen molar-refractivity contribution < 1.29 is 19.0 Å². The molecule has 1 aromatic carbocycles. The van der Waals surface area contributed by atoms with Gasteiger partial charge in [-0.2, -0.15) is 0 Å².